The van der Waals surface area contributed by atoms with Crippen LogP contribution in [-0.4, -0.2) is 65.9 Å². The Kier molecular flexibility index (Phi) is 5.48. The molecule has 0 radical (unpaired) electrons. The van der Waals surface area contributed by atoms with Gasteiger partial charge < -0.3 is 9.88 Å². The van der Waals surface area contributed by atoms with Crippen LogP contribution in [0, 0.1) is 6.92 Å². The van der Waals surface area contributed by atoms with E-state index in [1.54, 1.807) is 11.8 Å². The number of aryl methyl sites for hydroxylation is 1. The molecule has 158 valence electrons. The van der Waals surface area contributed by atoms with Crippen molar-refractivity contribution in [1.29, 1.82) is 0 Å². The fourth-order valence-corrected chi connectivity index (χ4v) is 5.63. The molecular formula is C20H22N4O4S2. The van der Waals surface area contributed by atoms with Crippen LogP contribution in [0.1, 0.15) is 26.6 Å². The second kappa shape index (κ2) is 7.93. The minimum Gasteiger partial charge on any atom is -0.335 e. The highest BCUT2D eigenvalue weighted by molar-refractivity contribution is 7.88. The fraction of sp³-hybridized carbons (Fsp3) is 0.350. The summed E-state index contributed by atoms with van der Waals surface area (Å²) in [6.45, 7) is 2.95. The minimum absolute atomic E-state index is 0.187. The van der Waals surface area contributed by atoms with Gasteiger partial charge in [0.05, 0.1) is 16.5 Å². The number of carbonyl (C=O) groups is 1. The maximum atomic E-state index is 13.1. The first kappa shape index (κ1) is 20.7. The van der Waals surface area contributed by atoms with Crippen LogP contribution in [0.5, 0.6) is 0 Å². The number of aromatic nitrogens is 2. The van der Waals surface area contributed by atoms with E-state index in [1.165, 1.54) is 21.9 Å². The van der Waals surface area contributed by atoms with Gasteiger partial charge in [-0.1, -0.05) is 30.3 Å². The van der Waals surface area contributed by atoms with Crippen molar-refractivity contribution in [3.63, 3.8) is 0 Å². The zero-order chi connectivity index (χ0) is 21.5. The summed E-state index contributed by atoms with van der Waals surface area (Å²) >= 11 is 1.22. The molecule has 8 nitrogen and oxygen atoms in total. The van der Waals surface area contributed by atoms with Crippen molar-refractivity contribution in [2.45, 2.75) is 13.3 Å². The van der Waals surface area contributed by atoms with Gasteiger partial charge in [-0.15, -0.1) is 11.3 Å². The molecule has 3 heterocycles. The number of nitrogens with zero attached hydrogens (tertiary/aromatic N) is 3. The number of hydrogen-bond acceptors (Lipinski definition) is 6. The predicted molar refractivity (Wildman–Crippen MR) is 117 cm³/mol. The SMILES string of the molecule is Cc1c(C(=O)N2CCN(S(C)(=O)=O)CC2)sc2nc(Cc3ccccc3)[nH]c(=O)c12. The van der Waals surface area contributed by atoms with Gasteiger partial charge in [0, 0.05) is 32.6 Å². The van der Waals surface area contributed by atoms with Crippen LogP contribution in [0.15, 0.2) is 35.1 Å². The topological polar surface area (TPSA) is 103 Å². The molecule has 0 spiro atoms. The van der Waals surface area contributed by atoms with Crippen molar-refractivity contribution < 1.29 is 13.2 Å². The molecule has 1 amide bonds. The van der Waals surface area contributed by atoms with Gasteiger partial charge in [0.15, 0.2) is 0 Å². The minimum atomic E-state index is -3.26. The lowest BCUT2D eigenvalue weighted by molar-refractivity contribution is 0.0702. The third-order valence-electron chi connectivity index (χ3n) is 5.25. The van der Waals surface area contributed by atoms with E-state index in [9.17, 15) is 18.0 Å². The zero-order valence-electron chi connectivity index (χ0n) is 16.7. The number of rotatable bonds is 4. The Balaban J connectivity index is 1.61. The second-order valence-electron chi connectivity index (χ2n) is 7.37. The number of carbonyl (C=O) groups excluding carboxylic acids is 1. The molecule has 0 bridgehead atoms. The lowest BCUT2D eigenvalue weighted by Gasteiger charge is -2.33. The summed E-state index contributed by atoms with van der Waals surface area (Å²) in [5.74, 6) is 0.369. The molecule has 1 fully saturated rings. The standard InChI is InChI=1S/C20H22N4O4S2/c1-13-16-18(25)21-15(12-14-6-4-3-5-7-14)22-19(16)29-17(13)20(26)23-8-10-24(11-9-23)30(2,27)28/h3-7H,8-12H2,1-2H3,(H,21,22,25). The Labute approximate surface area is 178 Å². The molecule has 1 saturated heterocycles. The lowest BCUT2D eigenvalue weighted by atomic mass is 10.1. The van der Waals surface area contributed by atoms with Gasteiger partial charge in [-0.3, -0.25) is 9.59 Å². The number of sulfonamides is 1. The highest BCUT2D eigenvalue weighted by Gasteiger charge is 2.29. The van der Waals surface area contributed by atoms with E-state index in [1.807, 2.05) is 30.3 Å². The number of piperazine rings is 1. The van der Waals surface area contributed by atoms with E-state index in [4.69, 9.17) is 0 Å². The van der Waals surface area contributed by atoms with E-state index >= 15 is 0 Å². The van der Waals surface area contributed by atoms with Gasteiger partial charge in [-0.05, 0) is 18.1 Å². The highest BCUT2D eigenvalue weighted by Crippen LogP contribution is 2.28. The number of H-pyrrole nitrogens is 1. The second-order valence-corrected chi connectivity index (χ2v) is 10.3. The van der Waals surface area contributed by atoms with Crippen LogP contribution in [0.25, 0.3) is 10.2 Å². The van der Waals surface area contributed by atoms with Crippen LogP contribution in [-0.2, 0) is 16.4 Å². The average Bonchev–Trinajstić information content (AvgIpc) is 3.04. The maximum absolute atomic E-state index is 13.1. The van der Waals surface area contributed by atoms with Gasteiger partial charge in [0.1, 0.15) is 10.7 Å². The molecule has 30 heavy (non-hydrogen) atoms. The third kappa shape index (κ3) is 4.03. The smallest absolute Gasteiger partial charge is 0.264 e. The van der Waals surface area contributed by atoms with Crippen molar-refractivity contribution in [2.75, 3.05) is 32.4 Å². The number of hydrogen-bond donors (Lipinski definition) is 1. The molecule has 0 aliphatic carbocycles. The van der Waals surface area contributed by atoms with Crippen molar-refractivity contribution in [2.24, 2.45) is 0 Å². The average molecular weight is 447 g/mol. The predicted octanol–water partition coefficient (Wildman–Crippen LogP) is 1.60. The number of aromatic amines is 1. The number of fused-ring (bicyclic) bond motifs is 1. The van der Waals surface area contributed by atoms with Gasteiger partial charge in [-0.2, -0.15) is 4.31 Å². The molecule has 1 aliphatic rings. The summed E-state index contributed by atoms with van der Waals surface area (Å²) in [6.07, 6.45) is 1.67. The van der Waals surface area contributed by atoms with Crippen LogP contribution < -0.4 is 5.56 Å². The van der Waals surface area contributed by atoms with Crippen LogP contribution in [0.2, 0.25) is 0 Å². The molecular weight excluding hydrogens is 424 g/mol. The van der Waals surface area contributed by atoms with E-state index < -0.39 is 10.0 Å². The number of amides is 1. The number of thiophene rings is 1. The van der Waals surface area contributed by atoms with Gasteiger partial charge in [0.25, 0.3) is 11.5 Å². The molecule has 1 aromatic carbocycles. The molecule has 2 aromatic heterocycles. The first-order chi connectivity index (χ1) is 14.2. The summed E-state index contributed by atoms with van der Waals surface area (Å²) in [6, 6.07) is 9.73. The van der Waals surface area contributed by atoms with Crippen LogP contribution >= 0.6 is 11.3 Å². The highest BCUT2D eigenvalue weighted by atomic mass is 32.2. The van der Waals surface area contributed by atoms with E-state index in [2.05, 4.69) is 9.97 Å². The van der Waals surface area contributed by atoms with Gasteiger partial charge in [-0.25, -0.2) is 13.4 Å². The van der Waals surface area contributed by atoms with E-state index in [0.717, 1.165) is 5.56 Å². The molecule has 4 rings (SSSR count). The summed E-state index contributed by atoms with van der Waals surface area (Å²) < 4.78 is 24.7. The Morgan fingerprint density at radius 1 is 1.17 bits per heavy atom. The van der Waals surface area contributed by atoms with Crippen LogP contribution in [0.3, 0.4) is 0 Å². The molecule has 1 aliphatic heterocycles. The Bertz CT molecular complexity index is 1260. The Morgan fingerprint density at radius 3 is 2.47 bits per heavy atom. The molecule has 1 N–H and O–H groups in total. The maximum Gasteiger partial charge on any atom is 0.264 e. The molecule has 3 aromatic rings. The first-order valence-corrected chi connectivity index (χ1v) is 12.2. The summed E-state index contributed by atoms with van der Waals surface area (Å²) in [5, 5.41) is 0.440. The number of nitrogens with one attached hydrogen (secondary N) is 1. The Morgan fingerprint density at radius 2 is 1.83 bits per heavy atom. The van der Waals surface area contributed by atoms with Crippen molar-refractivity contribution in [1.82, 2.24) is 19.2 Å². The third-order valence-corrected chi connectivity index (χ3v) is 7.73. The van der Waals surface area contributed by atoms with Crippen LogP contribution in [0.4, 0.5) is 0 Å². The monoisotopic (exact) mass is 446 g/mol. The fourth-order valence-electron chi connectivity index (χ4n) is 3.63. The van der Waals surface area contributed by atoms with Gasteiger partial charge >= 0.3 is 0 Å². The molecule has 0 atom stereocenters. The largest absolute Gasteiger partial charge is 0.335 e. The van der Waals surface area contributed by atoms with E-state index in [0.29, 0.717) is 46.0 Å². The molecule has 0 saturated carbocycles. The number of benzene rings is 1. The normalized spacial score (nSPS) is 15.6. The Hall–Kier alpha value is -2.56. The lowest BCUT2D eigenvalue weighted by Crippen LogP contribution is -2.50. The quantitative estimate of drug-likeness (QED) is 0.656. The van der Waals surface area contributed by atoms with E-state index in [-0.39, 0.29) is 24.6 Å². The molecule has 0 unspecified atom stereocenters. The zero-order valence-corrected chi connectivity index (χ0v) is 18.3. The van der Waals surface area contributed by atoms with Gasteiger partial charge in [0.2, 0.25) is 10.0 Å². The summed E-state index contributed by atoms with van der Waals surface area (Å²) in [5.41, 5.74) is 1.40. The van der Waals surface area contributed by atoms with Crippen molar-refractivity contribution in [3.05, 3.63) is 62.5 Å². The molecule has 10 heteroatoms. The summed E-state index contributed by atoms with van der Waals surface area (Å²) in [4.78, 5) is 35.8. The van der Waals surface area contributed by atoms with Crippen molar-refractivity contribution >= 4 is 37.5 Å². The first-order valence-electron chi connectivity index (χ1n) is 9.54. The summed E-state index contributed by atoms with van der Waals surface area (Å²) in [7, 11) is -3.26. The van der Waals surface area contributed by atoms with Crippen molar-refractivity contribution in [3.8, 4) is 0 Å².